The number of ether oxygens (including phenoxy) is 1. The molecular weight excluding hydrogens is 314 g/mol. The molecule has 2 bridgehead atoms. The summed E-state index contributed by atoms with van der Waals surface area (Å²) in [6, 6.07) is 11.1. The zero-order valence-electron chi connectivity index (χ0n) is 15.1. The van der Waals surface area contributed by atoms with Crippen LogP contribution in [0, 0.1) is 0 Å². The molecule has 132 valence electrons. The van der Waals surface area contributed by atoms with Gasteiger partial charge in [-0.3, -0.25) is 0 Å². The van der Waals surface area contributed by atoms with Gasteiger partial charge in [-0.2, -0.15) is 0 Å². The lowest BCUT2D eigenvalue weighted by molar-refractivity contribution is 0.0209. The number of likely N-dealkylation sites (tertiary alicyclic amines) is 1. The first-order chi connectivity index (χ1) is 11.9. The molecule has 1 amide bonds. The van der Waals surface area contributed by atoms with Gasteiger partial charge in [0.1, 0.15) is 11.4 Å². The molecule has 0 spiro atoms. The molecule has 2 atom stereocenters. The van der Waals surface area contributed by atoms with E-state index in [2.05, 4.69) is 29.2 Å². The highest BCUT2D eigenvalue weighted by atomic mass is 16.6. The minimum absolute atomic E-state index is 0.199. The first-order valence-corrected chi connectivity index (χ1v) is 9.02. The van der Waals surface area contributed by atoms with Gasteiger partial charge in [0.25, 0.3) is 0 Å². The number of anilines is 1. The van der Waals surface area contributed by atoms with Crippen molar-refractivity contribution in [3.63, 3.8) is 0 Å². The number of aromatic nitrogens is 1. The van der Waals surface area contributed by atoms with Crippen molar-refractivity contribution in [1.29, 1.82) is 0 Å². The molecular formula is C20H25N3O2. The van der Waals surface area contributed by atoms with E-state index in [1.807, 2.05) is 37.9 Å². The van der Waals surface area contributed by atoms with Crippen molar-refractivity contribution in [2.24, 2.45) is 0 Å². The van der Waals surface area contributed by atoms with Crippen LogP contribution in [0.2, 0.25) is 0 Å². The summed E-state index contributed by atoms with van der Waals surface area (Å²) >= 11 is 0. The maximum absolute atomic E-state index is 12.4. The second-order valence-corrected chi connectivity index (χ2v) is 8.07. The Labute approximate surface area is 148 Å². The van der Waals surface area contributed by atoms with Crippen molar-refractivity contribution in [2.75, 3.05) is 18.0 Å². The number of nitrogens with zero attached hydrogens (tertiary/aromatic N) is 3. The van der Waals surface area contributed by atoms with Gasteiger partial charge in [0.2, 0.25) is 0 Å². The fraction of sp³-hybridized carbons (Fsp3) is 0.500. The fourth-order valence-corrected chi connectivity index (χ4v) is 3.97. The molecule has 0 radical (unpaired) electrons. The number of benzene rings is 1. The highest BCUT2D eigenvalue weighted by molar-refractivity contribution is 5.84. The SMILES string of the molecule is CC(C)(C)OC(=O)N1CC2CCC(C1)N2c1cc2ccccc2cn1. The lowest BCUT2D eigenvalue weighted by atomic mass is 10.1. The number of amides is 1. The number of carbonyl (C=O) groups excluding carboxylic acids is 1. The van der Waals surface area contributed by atoms with E-state index < -0.39 is 5.60 Å². The van der Waals surface area contributed by atoms with Gasteiger partial charge >= 0.3 is 6.09 Å². The van der Waals surface area contributed by atoms with Crippen molar-refractivity contribution < 1.29 is 9.53 Å². The van der Waals surface area contributed by atoms with Crippen LogP contribution in [0.25, 0.3) is 10.8 Å². The number of carbonyl (C=O) groups is 1. The predicted octanol–water partition coefficient (Wildman–Crippen LogP) is 3.82. The van der Waals surface area contributed by atoms with Gasteiger partial charge < -0.3 is 14.5 Å². The lowest BCUT2D eigenvalue weighted by Crippen LogP contribution is -2.56. The van der Waals surface area contributed by atoms with E-state index in [1.165, 1.54) is 5.39 Å². The predicted molar refractivity (Wildman–Crippen MR) is 98.8 cm³/mol. The Morgan fingerprint density at radius 1 is 1.12 bits per heavy atom. The molecule has 25 heavy (non-hydrogen) atoms. The maximum atomic E-state index is 12.4. The van der Waals surface area contributed by atoms with Crippen LogP contribution in [0.4, 0.5) is 10.6 Å². The largest absolute Gasteiger partial charge is 0.444 e. The van der Waals surface area contributed by atoms with Crippen molar-refractivity contribution in [3.8, 4) is 0 Å². The Morgan fingerprint density at radius 2 is 1.76 bits per heavy atom. The Morgan fingerprint density at radius 3 is 2.40 bits per heavy atom. The van der Waals surface area contributed by atoms with Crippen molar-refractivity contribution in [1.82, 2.24) is 9.88 Å². The summed E-state index contributed by atoms with van der Waals surface area (Å²) in [5.74, 6) is 1.02. The molecule has 5 heteroatoms. The zero-order valence-corrected chi connectivity index (χ0v) is 15.1. The monoisotopic (exact) mass is 339 g/mol. The van der Waals surface area contributed by atoms with Crippen LogP contribution in [0.3, 0.4) is 0 Å². The van der Waals surface area contributed by atoms with Crippen LogP contribution < -0.4 is 4.90 Å². The van der Waals surface area contributed by atoms with Crippen molar-refractivity contribution >= 4 is 22.7 Å². The third-order valence-electron chi connectivity index (χ3n) is 5.01. The van der Waals surface area contributed by atoms with Crippen LogP contribution in [0.15, 0.2) is 36.5 Å². The Kier molecular flexibility index (Phi) is 3.82. The molecule has 2 unspecified atom stereocenters. The Hall–Kier alpha value is -2.30. The highest BCUT2D eigenvalue weighted by Gasteiger charge is 2.43. The molecule has 0 N–H and O–H groups in total. The number of piperazine rings is 1. The number of fused-ring (bicyclic) bond motifs is 3. The van der Waals surface area contributed by atoms with E-state index >= 15 is 0 Å². The van der Waals surface area contributed by atoms with Gasteiger partial charge in [-0.1, -0.05) is 24.3 Å². The summed E-state index contributed by atoms with van der Waals surface area (Å²) < 4.78 is 5.55. The minimum Gasteiger partial charge on any atom is -0.444 e. The summed E-state index contributed by atoms with van der Waals surface area (Å²) in [5, 5.41) is 2.37. The third kappa shape index (κ3) is 3.15. The number of pyridine rings is 1. The molecule has 2 aliphatic rings. The Balaban J connectivity index is 1.54. The summed E-state index contributed by atoms with van der Waals surface area (Å²) in [6.45, 7) is 7.15. The summed E-state index contributed by atoms with van der Waals surface area (Å²) in [6.07, 6.45) is 3.94. The van der Waals surface area contributed by atoms with Gasteiger partial charge in [-0.15, -0.1) is 0 Å². The molecule has 2 fully saturated rings. The van der Waals surface area contributed by atoms with Gasteiger partial charge in [0.15, 0.2) is 0 Å². The normalized spacial score (nSPS) is 23.2. The zero-order chi connectivity index (χ0) is 17.6. The van der Waals surface area contributed by atoms with Gasteiger partial charge in [-0.25, -0.2) is 9.78 Å². The second-order valence-electron chi connectivity index (χ2n) is 8.07. The van der Waals surface area contributed by atoms with E-state index in [1.54, 1.807) is 0 Å². The van der Waals surface area contributed by atoms with Crippen LogP contribution in [-0.4, -0.2) is 46.8 Å². The smallest absolute Gasteiger partial charge is 0.410 e. The average Bonchev–Trinajstić information content (AvgIpc) is 2.82. The molecule has 4 rings (SSSR count). The Bertz CT molecular complexity index is 785. The van der Waals surface area contributed by atoms with Crippen LogP contribution in [-0.2, 0) is 4.74 Å². The molecule has 2 aliphatic heterocycles. The average molecular weight is 339 g/mol. The molecule has 5 nitrogen and oxygen atoms in total. The van der Waals surface area contributed by atoms with Crippen LogP contribution in [0.1, 0.15) is 33.6 Å². The molecule has 2 aromatic rings. The quantitative estimate of drug-likeness (QED) is 0.792. The van der Waals surface area contributed by atoms with Crippen LogP contribution >= 0.6 is 0 Å². The van der Waals surface area contributed by atoms with Gasteiger partial charge in [-0.05, 0) is 45.1 Å². The molecule has 0 aliphatic carbocycles. The number of rotatable bonds is 1. The molecule has 1 aromatic heterocycles. The molecule has 1 aromatic carbocycles. The van der Waals surface area contributed by atoms with Crippen LogP contribution in [0.5, 0.6) is 0 Å². The minimum atomic E-state index is -0.451. The van der Waals surface area contributed by atoms with E-state index in [-0.39, 0.29) is 6.09 Å². The molecule has 0 saturated carbocycles. The fourth-order valence-electron chi connectivity index (χ4n) is 3.97. The van der Waals surface area contributed by atoms with E-state index in [0.29, 0.717) is 25.2 Å². The third-order valence-corrected chi connectivity index (χ3v) is 5.01. The van der Waals surface area contributed by atoms with E-state index in [0.717, 1.165) is 24.0 Å². The van der Waals surface area contributed by atoms with E-state index in [4.69, 9.17) is 9.72 Å². The first-order valence-electron chi connectivity index (χ1n) is 9.02. The van der Waals surface area contributed by atoms with E-state index in [9.17, 15) is 4.79 Å². The highest BCUT2D eigenvalue weighted by Crippen LogP contribution is 2.35. The molecule has 2 saturated heterocycles. The standard InChI is InChI=1S/C20H25N3O2/c1-20(2,3)25-19(24)22-12-16-8-9-17(13-22)23(16)18-10-14-6-4-5-7-15(14)11-21-18/h4-7,10-11,16-17H,8-9,12-13H2,1-3H3. The maximum Gasteiger partial charge on any atom is 0.410 e. The summed E-state index contributed by atoms with van der Waals surface area (Å²) in [5.41, 5.74) is -0.451. The molecule has 3 heterocycles. The summed E-state index contributed by atoms with van der Waals surface area (Å²) in [7, 11) is 0. The summed E-state index contributed by atoms with van der Waals surface area (Å²) in [4.78, 5) is 21.4. The van der Waals surface area contributed by atoms with Gasteiger partial charge in [0.05, 0.1) is 0 Å². The second kappa shape index (κ2) is 5.90. The van der Waals surface area contributed by atoms with Crippen molar-refractivity contribution in [3.05, 3.63) is 36.5 Å². The number of hydrogen-bond donors (Lipinski definition) is 0. The van der Waals surface area contributed by atoms with Crippen molar-refractivity contribution in [2.45, 2.75) is 51.3 Å². The number of hydrogen-bond acceptors (Lipinski definition) is 4. The first kappa shape index (κ1) is 16.2. The topological polar surface area (TPSA) is 45.7 Å². The lowest BCUT2D eigenvalue weighted by Gasteiger charge is -2.42. The van der Waals surface area contributed by atoms with Gasteiger partial charge in [0, 0.05) is 36.8 Å².